The van der Waals surface area contributed by atoms with Crippen molar-refractivity contribution in [3.05, 3.63) is 59.7 Å². The predicted molar refractivity (Wildman–Crippen MR) is 97.4 cm³/mol. The van der Waals surface area contributed by atoms with Gasteiger partial charge in [-0.05, 0) is 43.0 Å². The highest BCUT2D eigenvalue weighted by Gasteiger charge is 2.38. The van der Waals surface area contributed by atoms with Crippen LogP contribution in [0.1, 0.15) is 24.0 Å². The molecule has 3 rings (SSSR count). The summed E-state index contributed by atoms with van der Waals surface area (Å²) in [6.07, 6.45) is 0.833. The molecule has 0 aromatic heterocycles. The Labute approximate surface area is 147 Å². The van der Waals surface area contributed by atoms with Gasteiger partial charge in [0.05, 0.1) is 17.3 Å². The summed E-state index contributed by atoms with van der Waals surface area (Å²) < 4.78 is 0. The number of rotatable bonds is 6. The number of para-hydroxylation sites is 2. The molecule has 1 aliphatic carbocycles. The first-order chi connectivity index (χ1) is 12.0. The molecule has 3 N–H and O–H groups in total. The maximum Gasteiger partial charge on any atom is 0.306 e. The fraction of sp³-hybridized carbons (Fsp3) is 0.300. The Morgan fingerprint density at radius 2 is 1.64 bits per heavy atom. The maximum atomic E-state index is 12.3. The molecule has 0 heterocycles. The van der Waals surface area contributed by atoms with Crippen LogP contribution in [0.2, 0.25) is 0 Å². The van der Waals surface area contributed by atoms with Crippen LogP contribution in [0, 0.1) is 18.8 Å². The van der Waals surface area contributed by atoms with E-state index >= 15 is 0 Å². The SMILES string of the molecule is Cc1ccccc1CNc1ccccc1NC(=O)C1CC(C(=O)O)C1. The second kappa shape index (κ2) is 7.38. The van der Waals surface area contributed by atoms with E-state index in [2.05, 4.69) is 29.7 Å². The summed E-state index contributed by atoms with van der Waals surface area (Å²) in [7, 11) is 0. The van der Waals surface area contributed by atoms with Crippen molar-refractivity contribution in [3.8, 4) is 0 Å². The summed E-state index contributed by atoms with van der Waals surface area (Å²) in [5.41, 5.74) is 3.99. The van der Waals surface area contributed by atoms with Crippen LogP contribution in [0.5, 0.6) is 0 Å². The lowest BCUT2D eigenvalue weighted by molar-refractivity contribution is -0.147. The van der Waals surface area contributed by atoms with Gasteiger partial charge in [0.2, 0.25) is 5.91 Å². The Hall–Kier alpha value is -2.82. The van der Waals surface area contributed by atoms with E-state index in [1.54, 1.807) is 0 Å². The van der Waals surface area contributed by atoms with Crippen molar-refractivity contribution in [2.24, 2.45) is 11.8 Å². The van der Waals surface area contributed by atoms with Gasteiger partial charge in [0.25, 0.3) is 0 Å². The summed E-state index contributed by atoms with van der Waals surface area (Å²) in [6.45, 7) is 2.74. The molecule has 1 fully saturated rings. The second-order valence-electron chi connectivity index (χ2n) is 6.52. The Bertz CT molecular complexity index is 782. The molecule has 1 saturated carbocycles. The monoisotopic (exact) mass is 338 g/mol. The van der Waals surface area contributed by atoms with Gasteiger partial charge in [0, 0.05) is 12.5 Å². The minimum Gasteiger partial charge on any atom is -0.481 e. The van der Waals surface area contributed by atoms with Crippen molar-refractivity contribution in [1.29, 1.82) is 0 Å². The minimum atomic E-state index is -0.815. The number of carbonyl (C=O) groups is 2. The number of nitrogens with one attached hydrogen (secondary N) is 2. The fourth-order valence-electron chi connectivity index (χ4n) is 3.01. The third-order valence-corrected chi connectivity index (χ3v) is 4.77. The number of amides is 1. The van der Waals surface area contributed by atoms with E-state index in [0.29, 0.717) is 19.4 Å². The Morgan fingerprint density at radius 3 is 2.32 bits per heavy atom. The molecule has 2 aromatic carbocycles. The van der Waals surface area contributed by atoms with Gasteiger partial charge in [-0.3, -0.25) is 9.59 Å². The second-order valence-corrected chi connectivity index (χ2v) is 6.52. The summed E-state index contributed by atoms with van der Waals surface area (Å²) in [5, 5.41) is 15.2. The van der Waals surface area contributed by atoms with E-state index in [1.165, 1.54) is 11.1 Å². The largest absolute Gasteiger partial charge is 0.481 e. The highest BCUT2D eigenvalue weighted by atomic mass is 16.4. The van der Waals surface area contributed by atoms with E-state index in [-0.39, 0.29) is 17.7 Å². The van der Waals surface area contributed by atoms with E-state index in [1.807, 2.05) is 36.4 Å². The number of aryl methyl sites for hydroxylation is 1. The van der Waals surface area contributed by atoms with Crippen LogP contribution in [-0.2, 0) is 16.1 Å². The number of hydrogen-bond donors (Lipinski definition) is 3. The van der Waals surface area contributed by atoms with E-state index < -0.39 is 5.97 Å². The lowest BCUT2D eigenvalue weighted by Gasteiger charge is -2.31. The molecule has 1 amide bonds. The Balaban J connectivity index is 1.62. The third-order valence-electron chi connectivity index (χ3n) is 4.77. The van der Waals surface area contributed by atoms with E-state index in [9.17, 15) is 9.59 Å². The van der Waals surface area contributed by atoms with Crippen molar-refractivity contribution < 1.29 is 14.7 Å². The van der Waals surface area contributed by atoms with Crippen LogP contribution in [0.4, 0.5) is 11.4 Å². The van der Waals surface area contributed by atoms with Crippen LogP contribution in [-0.4, -0.2) is 17.0 Å². The number of carbonyl (C=O) groups excluding carboxylic acids is 1. The summed E-state index contributed by atoms with van der Waals surface area (Å²) >= 11 is 0. The number of benzene rings is 2. The van der Waals surface area contributed by atoms with Crippen LogP contribution in [0.25, 0.3) is 0 Å². The zero-order valence-corrected chi connectivity index (χ0v) is 14.2. The molecular weight excluding hydrogens is 316 g/mol. The van der Waals surface area contributed by atoms with Crippen LogP contribution in [0.15, 0.2) is 48.5 Å². The molecule has 130 valence electrons. The lowest BCUT2D eigenvalue weighted by Crippen LogP contribution is -2.38. The van der Waals surface area contributed by atoms with Gasteiger partial charge in [-0.2, -0.15) is 0 Å². The predicted octanol–water partition coefficient (Wildman–Crippen LogP) is 3.66. The summed E-state index contributed by atoms with van der Waals surface area (Å²) in [6, 6.07) is 15.7. The fourth-order valence-corrected chi connectivity index (χ4v) is 3.01. The number of anilines is 2. The standard InChI is InChI=1S/C20H22N2O3/c1-13-6-2-3-7-14(13)12-21-17-8-4-5-9-18(17)22-19(23)15-10-16(11-15)20(24)25/h2-9,15-16,21H,10-12H2,1H3,(H,22,23)(H,24,25). The molecule has 0 spiro atoms. The first kappa shape index (κ1) is 17.0. The van der Waals surface area contributed by atoms with Gasteiger partial charge in [-0.25, -0.2) is 0 Å². The minimum absolute atomic E-state index is 0.109. The molecule has 0 atom stereocenters. The van der Waals surface area contributed by atoms with Crippen LogP contribution < -0.4 is 10.6 Å². The van der Waals surface area contributed by atoms with Crippen LogP contribution in [0.3, 0.4) is 0 Å². The van der Waals surface area contributed by atoms with Crippen molar-refractivity contribution >= 4 is 23.3 Å². The zero-order valence-electron chi connectivity index (χ0n) is 14.2. The third kappa shape index (κ3) is 3.99. The van der Waals surface area contributed by atoms with Crippen molar-refractivity contribution in [3.63, 3.8) is 0 Å². The molecule has 0 aliphatic heterocycles. The van der Waals surface area contributed by atoms with E-state index in [4.69, 9.17) is 5.11 Å². The molecule has 2 aromatic rings. The van der Waals surface area contributed by atoms with Crippen molar-refractivity contribution in [1.82, 2.24) is 0 Å². The molecule has 25 heavy (non-hydrogen) atoms. The summed E-state index contributed by atoms with van der Waals surface area (Å²) in [4.78, 5) is 23.2. The Morgan fingerprint density at radius 1 is 1.00 bits per heavy atom. The van der Waals surface area contributed by atoms with Gasteiger partial charge >= 0.3 is 5.97 Å². The first-order valence-corrected chi connectivity index (χ1v) is 8.45. The lowest BCUT2D eigenvalue weighted by atomic mass is 9.74. The number of aliphatic carboxylic acids is 1. The van der Waals surface area contributed by atoms with Crippen LogP contribution >= 0.6 is 0 Å². The van der Waals surface area contributed by atoms with Gasteiger partial charge in [-0.1, -0.05) is 36.4 Å². The molecule has 5 heteroatoms. The quantitative estimate of drug-likeness (QED) is 0.751. The van der Waals surface area contributed by atoms with Crippen molar-refractivity contribution in [2.75, 3.05) is 10.6 Å². The molecule has 0 bridgehead atoms. The first-order valence-electron chi connectivity index (χ1n) is 8.45. The number of carboxylic acids is 1. The molecule has 5 nitrogen and oxygen atoms in total. The average molecular weight is 338 g/mol. The molecule has 1 aliphatic rings. The van der Waals surface area contributed by atoms with Gasteiger partial charge < -0.3 is 15.7 Å². The normalized spacial score (nSPS) is 18.9. The smallest absolute Gasteiger partial charge is 0.306 e. The maximum absolute atomic E-state index is 12.3. The van der Waals surface area contributed by atoms with Gasteiger partial charge in [-0.15, -0.1) is 0 Å². The average Bonchev–Trinajstić information content (AvgIpc) is 2.53. The van der Waals surface area contributed by atoms with Gasteiger partial charge in [0.15, 0.2) is 0 Å². The molecular formula is C20H22N2O3. The zero-order chi connectivity index (χ0) is 17.8. The summed E-state index contributed by atoms with van der Waals surface area (Å²) in [5.74, 6) is -1.53. The van der Waals surface area contributed by atoms with E-state index in [0.717, 1.165) is 11.4 Å². The van der Waals surface area contributed by atoms with Gasteiger partial charge in [0.1, 0.15) is 0 Å². The molecule has 0 radical (unpaired) electrons. The molecule has 0 unspecified atom stereocenters. The molecule has 0 saturated heterocycles. The van der Waals surface area contributed by atoms with Crippen molar-refractivity contribution in [2.45, 2.75) is 26.3 Å². The number of carboxylic acid groups (broad SMARTS) is 1. The topological polar surface area (TPSA) is 78.4 Å². The number of hydrogen-bond acceptors (Lipinski definition) is 3. The highest BCUT2D eigenvalue weighted by Crippen LogP contribution is 2.35. The highest BCUT2D eigenvalue weighted by molar-refractivity contribution is 5.96. The Kier molecular flexibility index (Phi) is 5.03.